The summed E-state index contributed by atoms with van der Waals surface area (Å²) in [7, 11) is 0. The number of nitrogens with two attached hydrogens (primary N) is 1. The van der Waals surface area contributed by atoms with Gasteiger partial charge in [0, 0.05) is 41.5 Å². The average molecular weight is 464 g/mol. The van der Waals surface area contributed by atoms with E-state index in [-0.39, 0.29) is 23.6 Å². The molecule has 3 aromatic carbocycles. The van der Waals surface area contributed by atoms with E-state index in [0.717, 1.165) is 43.4 Å². The Morgan fingerprint density at radius 3 is 2.09 bits per heavy atom. The number of nitrogens with zero attached hydrogens (tertiary/aromatic N) is 1. The standard InChI is InChI=1S/C27H27F2N3O2/c28-21-14-20(15-22(29)16-21)26(33)31-24-10-6-18(7-11-24)17-32(25-12-8-23(30)9-13-25)27(34)19-4-2-1-3-5-19/h1-7,10-11,14-16,23,25H,8-9,12-13,17,30H2,(H,31,33). The summed E-state index contributed by atoms with van der Waals surface area (Å²) in [4.78, 5) is 27.6. The number of hydrogen-bond donors (Lipinski definition) is 2. The molecule has 0 unspecified atom stereocenters. The second kappa shape index (κ2) is 10.6. The first-order chi connectivity index (χ1) is 16.4. The number of halogens is 2. The van der Waals surface area contributed by atoms with Crippen LogP contribution in [0.3, 0.4) is 0 Å². The van der Waals surface area contributed by atoms with E-state index in [2.05, 4.69) is 5.32 Å². The monoisotopic (exact) mass is 463 g/mol. The van der Waals surface area contributed by atoms with Gasteiger partial charge in [0.1, 0.15) is 11.6 Å². The first-order valence-electron chi connectivity index (χ1n) is 11.4. The summed E-state index contributed by atoms with van der Waals surface area (Å²) < 4.78 is 26.8. The number of amides is 2. The lowest BCUT2D eigenvalue weighted by molar-refractivity contribution is 0.0606. The van der Waals surface area contributed by atoms with E-state index >= 15 is 0 Å². The molecule has 34 heavy (non-hydrogen) atoms. The average Bonchev–Trinajstić information content (AvgIpc) is 2.84. The lowest BCUT2D eigenvalue weighted by atomic mass is 9.90. The van der Waals surface area contributed by atoms with Gasteiger partial charge >= 0.3 is 0 Å². The summed E-state index contributed by atoms with van der Waals surface area (Å²) in [5, 5.41) is 2.64. The lowest BCUT2D eigenvalue weighted by Crippen LogP contribution is -2.43. The van der Waals surface area contributed by atoms with E-state index in [1.807, 2.05) is 47.4 Å². The number of hydrogen-bond acceptors (Lipinski definition) is 3. The summed E-state index contributed by atoms with van der Waals surface area (Å²) in [5.74, 6) is -2.25. The van der Waals surface area contributed by atoms with Crippen LogP contribution in [0, 0.1) is 11.6 Å². The Labute approximate surface area is 197 Å². The number of rotatable bonds is 6. The van der Waals surface area contributed by atoms with Gasteiger partial charge in [-0.15, -0.1) is 0 Å². The highest BCUT2D eigenvalue weighted by Crippen LogP contribution is 2.26. The molecule has 5 nitrogen and oxygen atoms in total. The molecule has 1 aliphatic carbocycles. The van der Waals surface area contributed by atoms with Crippen LogP contribution in [0.15, 0.2) is 72.8 Å². The molecule has 0 radical (unpaired) electrons. The number of carbonyl (C=O) groups is 2. The van der Waals surface area contributed by atoms with Crippen molar-refractivity contribution in [2.24, 2.45) is 5.73 Å². The minimum Gasteiger partial charge on any atom is -0.331 e. The van der Waals surface area contributed by atoms with Crippen molar-refractivity contribution in [2.45, 2.75) is 44.3 Å². The molecule has 0 heterocycles. The van der Waals surface area contributed by atoms with Gasteiger partial charge in [-0.3, -0.25) is 9.59 Å². The molecule has 1 saturated carbocycles. The second-order valence-electron chi connectivity index (χ2n) is 8.68. The smallest absolute Gasteiger partial charge is 0.255 e. The highest BCUT2D eigenvalue weighted by molar-refractivity contribution is 6.04. The fourth-order valence-electron chi connectivity index (χ4n) is 4.30. The lowest BCUT2D eigenvalue weighted by Gasteiger charge is -2.36. The number of nitrogens with one attached hydrogen (secondary N) is 1. The molecule has 1 aliphatic rings. The van der Waals surface area contributed by atoms with Crippen molar-refractivity contribution in [2.75, 3.05) is 5.32 Å². The summed E-state index contributed by atoms with van der Waals surface area (Å²) in [6.07, 6.45) is 3.49. The van der Waals surface area contributed by atoms with Crippen LogP contribution in [0.1, 0.15) is 52.0 Å². The zero-order valence-corrected chi connectivity index (χ0v) is 18.7. The molecule has 0 bridgehead atoms. The Kier molecular flexibility index (Phi) is 7.33. The van der Waals surface area contributed by atoms with E-state index in [0.29, 0.717) is 23.9 Å². The second-order valence-corrected chi connectivity index (χ2v) is 8.68. The fourth-order valence-corrected chi connectivity index (χ4v) is 4.30. The first kappa shape index (κ1) is 23.6. The molecular weight excluding hydrogens is 436 g/mol. The van der Waals surface area contributed by atoms with E-state index in [4.69, 9.17) is 5.73 Å². The normalized spacial score (nSPS) is 17.7. The van der Waals surface area contributed by atoms with Crippen LogP contribution in [-0.2, 0) is 6.54 Å². The minimum absolute atomic E-state index is 0.0217. The zero-order valence-electron chi connectivity index (χ0n) is 18.7. The van der Waals surface area contributed by atoms with Crippen LogP contribution in [0.4, 0.5) is 14.5 Å². The number of benzene rings is 3. The molecular formula is C27H27F2N3O2. The Balaban J connectivity index is 1.48. The molecule has 3 aromatic rings. The van der Waals surface area contributed by atoms with Crippen molar-refractivity contribution in [1.82, 2.24) is 4.90 Å². The summed E-state index contributed by atoms with van der Waals surface area (Å²) in [6.45, 7) is 0.428. The molecule has 7 heteroatoms. The largest absolute Gasteiger partial charge is 0.331 e. The van der Waals surface area contributed by atoms with Gasteiger partial charge in [-0.1, -0.05) is 30.3 Å². The topological polar surface area (TPSA) is 75.4 Å². The first-order valence-corrected chi connectivity index (χ1v) is 11.4. The highest BCUT2D eigenvalue weighted by atomic mass is 19.1. The molecule has 0 spiro atoms. The molecule has 1 fully saturated rings. The summed E-state index contributed by atoms with van der Waals surface area (Å²) in [6, 6.07) is 19.3. The molecule has 2 amide bonds. The quantitative estimate of drug-likeness (QED) is 0.532. The molecule has 0 atom stereocenters. The van der Waals surface area contributed by atoms with Crippen LogP contribution >= 0.6 is 0 Å². The van der Waals surface area contributed by atoms with Crippen molar-refractivity contribution in [3.8, 4) is 0 Å². The summed E-state index contributed by atoms with van der Waals surface area (Å²) in [5.41, 5.74) is 8.01. The van der Waals surface area contributed by atoms with Gasteiger partial charge in [-0.05, 0) is 67.6 Å². The predicted molar refractivity (Wildman–Crippen MR) is 127 cm³/mol. The third-order valence-electron chi connectivity index (χ3n) is 6.15. The molecule has 4 rings (SSSR count). The SMILES string of the molecule is NC1CCC(N(Cc2ccc(NC(=O)c3cc(F)cc(F)c3)cc2)C(=O)c2ccccc2)CC1. The Bertz CT molecular complexity index is 1120. The van der Waals surface area contributed by atoms with Crippen LogP contribution < -0.4 is 11.1 Å². The molecule has 3 N–H and O–H groups in total. The van der Waals surface area contributed by atoms with Gasteiger partial charge in [0.2, 0.25) is 0 Å². The van der Waals surface area contributed by atoms with Gasteiger partial charge in [0.05, 0.1) is 0 Å². The van der Waals surface area contributed by atoms with E-state index in [9.17, 15) is 18.4 Å². The summed E-state index contributed by atoms with van der Waals surface area (Å²) >= 11 is 0. The minimum atomic E-state index is -0.813. The van der Waals surface area contributed by atoms with E-state index in [1.54, 1.807) is 12.1 Å². The van der Waals surface area contributed by atoms with E-state index in [1.165, 1.54) is 0 Å². The third kappa shape index (κ3) is 5.85. The van der Waals surface area contributed by atoms with Crippen LogP contribution in [0.25, 0.3) is 0 Å². The maximum atomic E-state index is 13.4. The van der Waals surface area contributed by atoms with Gasteiger partial charge in [-0.25, -0.2) is 8.78 Å². The highest BCUT2D eigenvalue weighted by Gasteiger charge is 2.28. The van der Waals surface area contributed by atoms with Crippen LogP contribution in [0.5, 0.6) is 0 Å². The Hall–Kier alpha value is -3.58. The molecule has 0 aliphatic heterocycles. The predicted octanol–water partition coefficient (Wildman–Crippen LogP) is 5.13. The van der Waals surface area contributed by atoms with Crippen LogP contribution in [0.2, 0.25) is 0 Å². The van der Waals surface area contributed by atoms with Gasteiger partial charge < -0.3 is 16.0 Å². The van der Waals surface area contributed by atoms with Crippen molar-refractivity contribution in [1.29, 1.82) is 0 Å². The van der Waals surface area contributed by atoms with Crippen molar-refractivity contribution in [3.63, 3.8) is 0 Å². The maximum Gasteiger partial charge on any atom is 0.255 e. The Morgan fingerprint density at radius 2 is 1.47 bits per heavy atom. The zero-order chi connectivity index (χ0) is 24.1. The van der Waals surface area contributed by atoms with Crippen molar-refractivity contribution < 1.29 is 18.4 Å². The van der Waals surface area contributed by atoms with E-state index < -0.39 is 17.5 Å². The van der Waals surface area contributed by atoms with Gasteiger partial charge in [-0.2, -0.15) is 0 Å². The molecule has 176 valence electrons. The van der Waals surface area contributed by atoms with Crippen molar-refractivity contribution >= 4 is 17.5 Å². The van der Waals surface area contributed by atoms with Crippen molar-refractivity contribution in [3.05, 3.63) is 101 Å². The fraction of sp³-hybridized carbons (Fsp3) is 0.259. The Morgan fingerprint density at radius 1 is 0.853 bits per heavy atom. The van der Waals surface area contributed by atoms with Gasteiger partial charge in [0.25, 0.3) is 11.8 Å². The molecule has 0 saturated heterocycles. The number of carbonyl (C=O) groups excluding carboxylic acids is 2. The molecule has 0 aromatic heterocycles. The maximum absolute atomic E-state index is 13.4. The third-order valence-corrected chi connectivity index (χ3v) is 6.15. The number of anilines is 1. The van der Waals surface area contributed by atoms with Crippen LogP contribution in [-0.4, -0.2) is 28.8 Å². The van der Waals surface area contributed by atoms with Gasteiger partial charge in [0.15, 0.2) is 0 Å².